The van der Waals surface area contributed by atoms with Crippen molar-refractivity contribution < 1.29 is 4.74 Å². The van der Waals surface area contributed by atoms with Crippen LogP contribution in [0.4, 0.5) is 0 Å². The van der Waals surface area contributed by atoms with Gasteiger partial charge < -0.3 is 10.1 Å². The van der Waals surface area contributed by atoms with Gasteiger partial charge in [-0.15, -0.1) is 0 Å². The predicted molar refractivity (Wildman–Crippen MR) is 82.2 cm³/mol. The third kappa shape index (κ3) is 4.07. The number of hydrogen-bond acceptors (Lipinski definition) is 3. The lowest BCUT2D eigenvalue weighted by Crippen LogP contribution is -2.13. The van der Waals surface area contributed by atoms with Crippen LogP contribution in [0.2, 0.25) is 0 Å². The Morgan fingerprint density at radius 2 is 2.00 bits per heavy atom. The zero-order valence-corrected chi connectivity index (χ0v) is 12.4. The Kier molecular flexibility index (Phi) is 5.13. The van der Waals surface area contributed by atoms with Crippen LogP contribution in [-0.2, 0) is 6.54 Å². The lowest BCUT2D eigenvalue weighted by atomic mass is 10.1. The van der Waals surface area contributed by atoms with Gasteiger partial charge in [-0.3, -0.25) is 0 Å². The number of rotatable bonds is 6. The summed E-state index contributed by atoms with van der Waals surface area (Å²) in [6, 6.07) is 10.1. The molecule has 0 fully saturated rings. The van der Waals surface area contributed by atoms with Crippen LogP contribution < -0.4 is 10.1 Å². The molecule has 0 aliphatic carbocycles. The molecule has 0 bridgehead atoms. The van der Waals surface area contributed by atoms with Crippen molar-refractivity contribution in [3.05, 3.63) is 53.2 Å². The molecular formula is C17H22N2O. The Morgan fingerprint density at radius 1 is 1.15 bits per heavy atom. The lowest BCUT2D eigenvalue weighted by molar-refractivity contribution is 0.458. The molecule has 3 heteroatoms. The molecule has 0 saturated heterocycles. The maximum Gasteiger partial charge on any atom is 0.219 e. The first-order valence-electron chi connectivity index (χ1n) is 7.10. The van der Waals surface area contributed by atoms with Crippen molar-refractivity contribution in [2.24, 2.45) is 0 Å². The molecule has 0 atom stereocenters. The molecule has 20 heavy (non-hydrogen) atoms. The highest BCUT2D eigenvalue weighted by Crippen LogP contribution is 2.24. The van der Waals surface area contributed by atoms with Crippen molar-refractivity contribution in [1.82, 2.24) is 10.3 Å². The van der Waals surface area contributed by atoms with Crippen LogP contribution in [0.25, 0.3) is 0 Å². The van der Waals surface area contributed by atoms with Gasteiger partial charge in [0, 0.05) is 18.8 Å². The second kappa shape index (κ2) is 7.06. The molecule has 0 aliphatic rings. The first-order chi connectivity index (χ1) is 9.69. The molecule has 1 N–H and O–H groups in total. The van der Waals surface area contributed by atoms with Gasteiger partial charge in [0.1, 0.15) is 5.75 Å². The Labute approximate surface area is 121 Å². The van der Waals surface area contributed by atoms with Gasteiger partial charge in [0.05, 0.1) is 0 Å². The van der Waals surface area contributed by atoms with E-state index in [1.807, 2.05) is 31.3 Å². The summed E-state index contributed by atoms with van der Waals surface area (Å²) < 4.78 is 5.81. The molecule has 0 radical (unpaired) electrons. The number of ether oxygens (including phenoxy) is 1. The van der Waals surface area contributed by atoms with E-state index < -0.39 is 0 Å². The van der Waals surface area contributed by atoms with Gasteiger partial charge in [-0.25, -0.2) is 4.98 Å². The maximum absolute atomic E-state index is 5.81. The van der Waals surface area contributed by atoms with Gasteiger partial charge in [-0.2, -0.15) is 0 Å². The Balaban J connectivity index is 1.99. The van der Waals surface area contributed by atoms with E-state index in [2.05, 4.69) is 36.3 Å². The van der Waals surface area contributed by atoms with Crippen LogP contribution in [0.5, 0.6) is 11.6 Å². The fourth-order valence-electron chi connectivity index (χ4n) is 2.01. The highest BCUT2D eigenvalue weighted by Gasteiger charge is 2.03. The molecule has 106 valence electrons. The zero-order valence-electron chi connectivity index (χ0n) is 12.4. The van der Waals surface area contributed by atoms with Crippen LogP contribution in [0.15, 0.2) is 36.5 Å². The summed E-state index contributed by atoms with van der Waals surface area (Å²) in [5.41, 5.74) is 3.53. The van der Waals surface area contributed by atoms with Crippen LogP contribution in [0.1, 0.15) is 30.0 Å². The van der Waals surface area contributed by atoms with Gasteiger partial charge in [-0.1, -0.05) is 30.7 Å². The Hall–Kier alpha value is -1.87. The fraction of sp³-hybridized carbons (Fsp3) is 0.353. The molecule has 1 heterocycles. The average Bonchev–Trinajstić information content (AvgIpc) is 2.44. The van der Waals surface area contributed by atoms with Crippen molar-refractivity contribution in [3.63, 3.8) is 0 Å². The summed E-state index contributed by atoms with van der Waals surface area (Å²) in [5, 5.41) is 3.36. The highest BCUT2D eigenvalue weighted by molar-refractivity contribution is 5.38. The molecule has 0 amide bonds. The van der Waals surface area contributed by atoms with E-state index in [1.54, 1.807) is 0 Å². The minimum absolute atomic E-state index is 0.635. The highest BCUT2D eigenvalue weighted by atomic mass is 16.5. The maximum atomic E-state index is 5.81. The SMILES string of the molecule is CCCNCc1ccc(Oc2ccc(C)cc2C)nc1. The van der Waals surface area contributed by atoms with E-state index in [0.717, 1.165) is 30.8 Å². The van der Waals surface area contributed by atoms with E-state index in [0.29, 0.717) is 5.88 Å². The summed E-state index contributed by atoms with van der Waals surface area (Å²) in [4.78, 5) is 4.35. The van der Waals surface area contributed by atoms with E-state index in [9.17, 15) is 0 Å². The number of pyridine rings is 1. The van der Waals surface area contributed by atoms with E-state index in [4.69, 9.17) is 4.74 Å². The standard InChI is InChI=1S/C17H22N2O/c1-4-9-18-11-15-6-8-17(19-12-15)20-16-7-5-13(2)10-14(16)3/h5-8,10,12,18H,4,9,11H2,1-3H3. The van der Waals surface area contributed by atoms with Gasteiger partial charge in [0.25, 0.3) is 0 Å². The van der Waals surface area contributed by atoms with E-state index in [-0.39, 0.29) is 0 Å². The van der Waals surface area contributed by atoms with Gasteiger partial charge in [0.2, 0.25) is 5.88 Å². The second-order valence-corrected chi connectivity index (χ2v) is 5.05. The molecule has 2 rings (SSSR count). The monoisotopic (exact) mass is 270 g/mol. The molecular weight excluding hydrogens is 248 g/mol. The molecule has 0 aliphatic heterocycles. The lowest BCUT2D eigenvalue weighted by Gasteiger charge is -2.09. The second-order valence-electron chi connectivity index (χ2n) is 5.05. The number of nitrogens with one attached hydrogen (secondary N) is 1. The summed E-state index contributed by atoms with van der Waals surface area (Å²) in [7, 11) is 0. The smallest absolute Gasteiger partial charge is 0.219 e. The molecule has 3 nitrogen and oxygen atoms in total. The predicted octanol–water partition coefficient (Wildman–Crippen LogP) is 3.99. The normalized spacial score (nSPS) is 10.6. The first kappa shape index (κ1) is 14.5. The number of nitrogens with zero attached hydrogens (tertiary/aromatic N) is 1. The molecule has 1 aromatic heterocycles. The molecule has 0 spiro atoms. The van der Waals surface area contributed by atoms with Crippen molar-refractivity contribution >= 4 is 0 Å². The summed E-state index contributed by atoms with van der Waals surface area (Å²) in [5.74, 6) is 1.50. The number of aromatic nitrogens is 1. The zero-order chi connectivity index (χ0) is 14.4. The van der Waals surface area contributed by atoms with Gasteiger partial charge in [-0.05, 0) is 44.0 Å². The fourth-order valence-corrected chi connectivity index (χ4v) is 2.01. The van der Waals surface area contributed by atoms with E-state index in [1.165, 1.54) is 11.1 Å². The van der Waals surface area contributed by atoms with E-state index >= 15 is 0 Å². The summed E-state index contributed by atoms with van der Waals surface area (Å²) in [6.07, 6.45) is 3.00. The average molecular weight is 270 g/mol. The Morgan fingerprint density at radius 3 is 2.65 bits per heavy atom. The number of hydrogen-bond donors (Lipinski definition) is 1. The van der Waals surface area contributed by atoms with Gasteiger partial charge in [0.15, 0.2) is 0 Å². The van der Waals surface area contributed by atoms with Crippen molar-refractivity contribution in [3.8, 4) is 11.6 Å². The molecule has 2 aromatic rings. The first-order valence-corrected chi connectivity index (χ1v) is 7.10. The summed E-state index contributed by atoms with van der Waals surface area (Å²) >= 11 is 0. The minimum atomic E-state index is 0.635. The molecule has 0 saturated carbocycles. The number of aryl methyl sites for hydroxylation is 2. The molecule has 0 unspecified atom stereocenters. The quantitative estimate of drug-likeness (QED) is 0.806. The molecule has 1 aromatic carbocycles. The largest absolute Gasteiger partial charge is 0.439 e. The number of benzene rings is 1. The summed E-state index contributed by atoms with van der Waals surface area (Å²) in [6.45, 7) is 8.16. The third-order valence-electron chi connectivity index (χ3n) is 3.10. The van der Waals surface area contributed by atoms with Crippen LogP contribution in [0.3, 0.4) is 0 Å². The van der Waals surface area contributed by atoms with Crippen LogP contribution in [0, 0.1) is 13.8 Å². The third-order valence-corrected chi connectivity index (χ3v) is 3.10. The van der Waals surface area contributed by atoms with Gasteiger partial charge >= 0.3 is 0 Å². The van der Waals surface area contributed by atoms with Crippen LogP contribution >= 0.6 is 0 Å². The van der Waals surface area contributed by atoms with Crippen molar-refractivity contribution in [1.29, 1.82) is 0 Å². The topological polar surface area (TPSA) is 34.1 Å². The minimum Gasteiger partial charge on any atom is -0.439 e. The Bertz CT molecular complexity index is 549. The van der Waals surface area contributed by atoms with Crippen molar-refractivity contribution in [2.45, 2.75) is 33.7 Å². The van der Waals surface area contributed by atoms with Crippen molar-refractivity contribution in [2.75, 3.05) is 6.54 Å². The van der Waals surface area contributed by atoms with Crippen LogP contribution in [-0.4, -0.2) is 11.5 Å².